The maximum atomic E-state index is 13.1. The zero-order valence-corrected chi connectivity index (χ0v) is 22.7. The number of benzene rings is 2. The first-order valence-electron chi connectivity index (χ1n) is 12.9. The molecular weight excluding hydrogens is 524 g/mol. The van der Waals surface area contributed by atoms with E-state index in [9.17, 15) is 9.59 Å². The van der Waals surface area contributed by atoms with E-state index in [1.165, 1.54) is 11.3 Å². The molecule has 1 saturated heterocycles. The van der Waals surface area contributed by atoms with Crippen molar-refractivity contribution < 1.29 is 9.59 Å². The van der Waals surface area contributed by atoms with Crippen LogP contribution in [-0.4, -0.2) is 69.2 Å². The molecule has 0 bridgehead atoms. The van der Waals surface area contributed by atoms with Crippen LogP contribution in [0.2, 0.25) is 0 Å². The molecule has 1 aliphatic rings. The van der Waals surface area contributed by atoms with Gasteiger partial charge in [-0.3, -0.25) is 14.0 Å². The fraction of sp³-hybridized carbons (Fsp3) is 0.172. The van der Waals surface area contributed by atoms with Crippen molar-refractivity contribution in [1.82, 2.24) is 24.2 Å². The number of nitrogens with one attached hydrogen (secondary N) is 2. The van der Waals surface area contributed by atoms with E-state index >= 15 is 0 Å². The molecule has 202 valence electrons. The van der Waals surface area contributed by atoms with E-state index in [4.69, 9.17) is 5.73 Å². The Morgan fingerprint density at radius 3 is 2.42 bits per heavy atom. The Bertz CT molecular complexity index is 1690. The molecule has 10 nitrogen and oxygen atoms in total. The van der Waals surface area contributed by atoms with Gasteiger partial charge in [-0.2, -0.15) is 0 Å². The van der Waals surface area contributed by atoms with Gasteiger partial charge in [-0.25, -0.2) is 9.97 Å². The van der Waals surface area contributed by atoms with Crippen LogP contribution in [0, 0.1) is 0 Å². The molecule has 2 amide bonds. The molecule has 0 aliphatic carbocycles. The number of hydrogen-bond donors (Lipinski definition) is 3. The Hall–Kier alpha value is -4.74. The fourth-order valence-corrected chi connectivity index (χ4v) is 5.41. The molecule has 0 unspecified atom stereocenters. The molecule has 40 heavy (non-hydrogen) atoms. The number of fused-ring (bicyclic) bond motifs is 1. The van der Waals surface area contributed by atoms with Crippen LogP contribution in [0.4, 0.5) is 22.2 Å². The third kappa shape index (κ3) is 5.24. The molecule has 2 aromatic carbocycles. The second kappa shape index (κ2) is 10.8. The number of aromatic nitrogens is 3. The van der Waals surface area contributed by atoms with E-state index < -0.39 is 0 Å². The lowest BCUT2D eigenvalue weighted by atomic mass is 10.2. The number of nitrogens with zero attached hydrogens (tertiary/aromatic N) is 5. The smallest absolute Gasteiger partial charge is 0.255 e. The van der Waals surface area contributed by atoms with Gasteiger partial charge in [-0.15, -0.1) is 0 Å². The summed E-state index contributed by atoms with van der Waals surface area (Å²) < 4.78 is 1.94. The average molecular weight is 553 g/mol. The minimum Gasteiger partial charge on any atom is -0.397 e. The summed E-state index contributed by atoms with van der Waals surface area (Å²) in [5, 5.41) is 6.83. The predicted molar refractivity (Wildman–Crippen MR) is 158 cm³/mol. The predicted octanol–water partition coefficient (Wildman–Crippen LogP) is 4.42. The van der Waals surface area contributed by atoms with E-state index in [1.807, 2.05) is 51.9 Å². The number of thiazole rings is 1. The number of nitrogen functional groups attached to an aromatic ring is 1. The van der Waals surface area contributed by atoms with Gasteiger partial charge in [0.25, 0.3) is 11.8 Å². The van der Waals surface area contributed by atoms with Gasteiger partial charge in [0.05, 0.1) is 33.7 Å². The van der Waals surface area contributed by atoms with Crippen molar-refractivity contribution in [2.75, 3.05) is 49.6 Å². The van der Waals surface area contributed by atoms with Crippen molar-refractivity contribution >= 4 is 51.0 Å². The van der Waals surface area contributed by atoms with Crippen molar-refractivity contribution in [3.63, 3.8) is 0 Å². The highest BCUT2D eigenvalue weighted by atomic mass is 32.1. The number of likely N-dealkylation sites (N-methyl/N-ethyl adjacent to an activating group) is 1. The molecule has 1 aliphatic heterocycles. The Morgan fingerprint density at radius 2 is 1.65 bits per heavy atom. The third-order valence-electron chi connectivity index (χ3n) is 6.91. The molecule has 0 atom stereocenters. The van der Waals surface area contributed by atoms with E-state index in [1.54, 1.807) is 36.7 Å². The molecule has 1 fully saturated rings. The zero-order valence-electron chi connectivity index (χ0n) is 21.9. The van der Waals surface area contributed by atoms with Crippen LogP contribution in [0.25, 0.3) is 16.2 Å². The number of anilines is 4. The van der Waals surface area contributed by atoms with E-state index in [2.05, 4.69) is 32.5 Å². The Balaban J connectivity index is 1.15. The number of para-hydroxylation sites is 2. The summed E-state index contributed by atoms with van der Waals surface area (Å²) >= 11 is 1.48. The number of amides is 2. The first kappa shape index (κ1) is 25.5. The molecule has 4 N–H and O–H groups in total. The second-order valence-corrected chi connectivity index (χ2v) is 10.7. The van der Waals surface area contributed by atoms with Crippen molar-refractivity contribution in [2.45, 2.75) is 0 Å². The van der Waals surface area contributed by atoms with Gasteiger partial charge < -0.3 is 26.2 Å². The average Bonchev–Trinajstić information content (AvgIpc) is 3.61. The highest BCUT2D eigenvalue weighted by molar-refractivity contribution is 7.18. The summed E-state index contributed by atoms with van der Waals surface area (Å²) in [6, 6.07) is 18.0. The molecule has 11 heteroatoms. The number of carbonyl (C=O) groups is 2. The largest absolute Gasteiger partial charge is 0.397 e. The normalized spacial score (nSPS) is 13.9. The number of piperazine rings is 1. The fourth-order valence-electron chi connectivity index (χ4n) is 4.57. The number of pyridine rings is 1. The monoisotopic (exact) mass is 552 g/mol. The standard InChI is InChI=1S/C29H28N8O2S/c1-35-12-14-36(15-13-35)28(39)20-8-11-26-31-16-24(37(26)18-20)25-17-32-29(40-25)33-21-9-6-19(7-10-21)27(38)34-23-5-3-2-4-22(23)30/h2-11,16-18H,12-15,30H2,1H3,(H,32,33)(H,34,38). The van der Waals surface area contributed by atoms with Gasteiger partial charge in [0.2, 0.25) is 0 Å². The van der Waals surface area contributed by atoms with Crippen LogP contribution < -0.4 is 16.4 Å². The second-order valence-electron chi connectivity index (χ2n) is 9.66. The number of hydrogen-bond acceptors (Lipinski definition) is 8. The Labute approximate surface area is 235 Å². The van der Waals surface area contributed by atoms with Gasteiger partial charge in [-0.05, 0) is 55.6 Å². The topological polar surface area (TPSA) is 121 Å². The summed E-state index contributed by atoms with van der Waals surface area (Å²) in [6.07, 6.45) is 5.44. The lowest BCUT2D eigenvalue weighted by molar-refractivity contribution is 0.0663. The van der Waals surface area contributed by atoms with Gasteiger partial charge >= 0.3 is 0 Å². The van der Waals surface area contributed by atoms with Crippen LogP contribution >= 0.6 is 11.3 Å². The summed E-state index contributed by atoms with van der Waals surface area (Å²) in [6.45, 7) is 3.20. The maximum absolute atomic E-state index is 13.1. The molecule has 0 saturated carbocycles. The molecular formula is C29H28N8O2S. The highest BCUT2D eigenvalue weighted by Crippen LogP contribution is 2.31. The minimum atomic E-state index is -0.237. The van der Waals surface area contributed by atoms with Crippen molar-refractivity contribution in [3.05, 3.63) is 90.4 Å². The Morgan fingerprint density at radius 1 is 0.900 bits per heavy atom. The molecule has 4 heterocycles. The van der Waals surface area contributed by atoms with Crippen LogP contribution in [0.5, 0.6) is 0 Å². The first-order chi connectivity index (χ1) is 19.4. The van der Waals surface area contributed by atoms with Crippen LogP contribution in [0.1, 0.15) is 20.7 Å². The van der Waals surface area contributed by atoms with Crippen molar-refractivity contribution in [2.24, 2.45) is 0 Å². The van der Waals surface area contributed by atoms with Crippen LogP contribution in [0.15, 0.2) is 79.3 Å². The van der Waals surface area contributed by atoms with Crippen LogP contribution in [-0.2, 0) is 0 Å². The van der Waals surface area contributed by atoms with Gasteiger partial charge in [-0.1, -0.05) is 23.5 Å². The van der Waals surface area contributed by atoms with Crippen LogP contribution in [0.3, 0.4) is 0 Å². The van der Waals surface area contributed by atoms with E-state index in [-0.39, 0.29) is 11.8 Å². The summed E-state index contributed by atoms with van der Waals surface area (Å²) in [7, 11) is 2.07. The summed E-state index contributed by atoms with van der Waals surface area (Å²) in [5.41, 5.74) is 10.6. The van der Waals surface area contributed by atoms with Crippen molar-refractivity contribution in [3.8, 4) is 10.6 Å². The number of nitrogens with two attached hydrogens (primary N) is 1. The number of rotatable bonds is 6. The lowest BCUT2D eigenvalue weighted by Crippen LogP contribution is -2.47. The number of imidazole rings is 1. The molecule has 0 spiro atoms. The first-order valence-corrected chi connectivity index (χ1v) is 13.7. The zero-order chi connectivity index (χ0) is 27.6. The maximum Gasteiger partial charge on any atom is 0.255 e. The summed E-state index contributed by atoms with van der Waals surface area (Å²) in [4.78, 5) is 39.8. The van der Waals surface area contributed by atoms with Gasteiger partial charge in [0, 0.05) is 49.8 Å². The quantitative estimate of drug-likeness (QED) is 0.267. The summed E-state index contributed by atoms with van der Waals surface area (Å²) in [5.74, 6) is -0.204. The minimum absolute atomic E-state index is 0.0330. The molecule has 3 aromatic heterocycles. The third-order valence-corrected chi connectivity index (χ3v) is 7.84. The molecule has 5 aromatic rings. The van der Waals surface area contributed by atoms with E-state index in [0.717, 1.165) is 48.1 Å². The molecule has 0 radical (unpaired) electrons. The van der Waals surface area contributed by atoms with Gasteiger partial charge in [0.15, 0.2) is 5.13 Å². The number of carbonyl (C=O) groups excluding carboxylic acids is 2. The highest BCUT2D eigenvalue weighted by Gasteiger charge is 2.21. The van der Waals surface area contributed by atoms with Gasteiger partial charge in [0.1, 0.15) is 5.65 Å². The Kier molecular flexibility index (Phi) is 6.89. The SMILES string of the molecule is CN1CCN(C(=O)c2ccc3ncc(-c4cnc(Nc5ccc(C(=O)Nc6ccccc6N)cc5)s4)n3c2)CC1. The van der Waals surface area contributed by atoms with E-state index in [0.29, 0.717) is 27.6 Å². The van der Waals surface area contributed by atoms with Crippen molar-refractivity contribution in [1.29, 1.82) is 0 Å². The molecule has 6 rings (SSSR count). The lowest BCUT2D eigenvalue weighted by Gasteiger charge is -2.32.